The molecule has 0 amide bonds. The van der Waals surface area contributed by atoms with E-state index in [9.17, 15) is 0 Å². The van der Waals surface area contributed by atoms with E-state index in [1.807, 2.05) is 48.7 Å². The van der Waals surface area contributed by atoms with Crippen molar-refractivity contribution < 1.29 is 0 Å². The molecule has 4 heteroatoms. The van der Waals surface area contributed by atoms with E-state index in [2.05, 4.69) is 22.0 Å². The van der Waals surface area contributed by atoms with Gasteiger partial charge in [-0.2, -0.15) is 5.26 Å². The Labute approximate surface area is 128 Å². The summed E-state index contributed by atoms with van der Waals surface area (Å²) in [6.45, 7) is 1.58. The number of rotatable bonds is 4. The molecule has 0 radical (unpaired) electrons. The van der Waals surface area contributed by atoms with Crippen molar-refractivity contribution in [1.29, 1.82) is 5.26 Å². The SMILES string of the molecule is N#Cc1ccc2ccn(CCNc3ccccc3Cl)c2c1. The van der Waals surface area contributed by atoms with Crippen molar-refractivity contribution in [2.24, 2.45) is 0 Å². The molecule has 0 fully saturated rings. The quantitative estimate of drug-likeness (QED) is 0.780. The minimum atomic E-state index is 0.682. The lowest BCUT2D eigenvalue weighted by atomic mass is 10.2. The van der Waals surface area contributed by atoms with E-state index in [1.54, 1.807) is 0 Å². The van der Waals surface area contributed by atoms with Crippen LogP contribution < -0.4 is 5.32 Å². The number of anilines is 1. The molecule has 104 valence electrons. The van der Waals surface area contributed by atoms with Gasteiger partial charge in [-0.05, 0) is 35.7 Å². The van der Waals surface area contributed by atoms with Gasteiger partial charge in [0.1, 0.15) is 0 Å². The highest BCUT2D eigenvalue weighted by molar-refractivity contribution is 6.33. The van der Waals surface area contributed by atoms with Crippen LogP contribution in [0.1, 0.15) is 5.56 Å². The van der Waals surface area contributed by atoms with Crippen LogP contribution in [0.3, 0.4) is 0 Å². The third-order valence-electron chi connectivity index (χ3n) is 3.45. The molecular formula is C17H14ClN3. The number of benzene rings is 2. The van der Waals surface area contributed by atoms with Crippen LogP contribution in [0.4, 0.5) is 5.69 Å². The average Bonchev–Trinajstić information content (AvgIpc) is 2.91. The predicted octanol–water partition coefficient (Wildman–Crippen LogP) is 4.28. The van der Waals surface area contributed by atoms with E-state index in [0.29, 0.717) is 5.56 Å². The monoisotopic (exact) mass is 295 g/mol. The van der Waals surface area contributed by atoms with E-state index >= 15 is 0 Å². The van der Waals surface area contributed by atoms with Crippen molar-refractivity contribution in [3.05, 3.63) is 65.3 Å². The number of halogens is 1. The lowest BCUT2D eigenvalue weighted by Crippen LogP contribution is -2.09. The molecule has 3 rings (SSSR count). The summed E-state index contributed by atoms with van der Waals surface area (Å²) in [5.74, 6) is 0. The molecule has 0 bridgehead atoms. The largest absolute Gasteiger partial charge is 0.382 e. The third-order valence-corrected chi connectivity index (χ3v) is 3.77. The Morgan fingerprint density at radius 2 is 2.00 bits per heavy atom. The number of hydrogen-bond acceptors (Lipinski definition) is 2. The van der Waals surface area contributed by atoms with Crippen molar-refractivity contribution in [3.63, 3.8) is 0 Å². The molecular weight excluding hydrogens is 282 g/mol. The molecule has 0 atom stereocenters. The van der Waals surface area contributed by atoms with Gasteiger partial charge in [-0.3, -0.25) is 0 Å². The van der Waals surface area contributed by atoms with E-state index in [-0.39, 0.29) is 0 Å². The number of nitriles is 1. The Bertz CT molecular complexity index is 814. The lowest BCUT2D eigenvalue weighted by molar-refractivity contribution is 0.757. The van der Waals surface area contributed by atoms with Gasteiger partial charge in [0.15, 0.2) is 0 Å². The van der Waals surface area contributed by atoms with Gasteiger partial charge in [0, 0.05) is 24.8 Å². The molecule has 0 aliphatic rings. The minimum absolute atomic E-state index is 0.682. The van der Waals surface area contributed by atoms with E-state index in [1.165, 1.54) is 0 Å². The first-order valence-corrected chi connectivity index (χ1v) is 7.13. The average molecular weight is 296 g/mol. The second-order valence-corrected chi connectivity index (χ2v) is 5.21. The van der Waals surface area contributed by atoms with Crippen LogP contribution in [0.5, 0.6) is 0 Å². The van der Waals surface area contributed by atoms with Crippen molar-refractivity contribution in [2.45, 2.75) is 6.54 Å². The van der Waals surface area contributed by atoms with Crippen molar-refractivity contribution in [2.75, 3.05) is 11.9 Å². The van der Waals surface area contributed by atoms with Gasteiger partial charge in [-0.15, -0.1) is 0 Å². The Hall–Kier alpha value is -2.44. The predicted molar refractivity (Wildman–Crippen MR) is 86.6 cm³/mol. The summed E-state index contributed by atoms with van der Waals surface area (Å²) in [5, 5.41) is 14.2. The molecule has 0 unspecified atom stereocenters. The first-order chi connectivity index (χ1) is 10.3. The van der Waals surface area contributed by atoms with Crippen molar-refractivity contribution >= 4 is 28.2 Å². The summed E-state index contributed by atoms with van der Waals surface area (Å²) in [7, 11) is 0. The molecule has 1 aromatic heterocycles. The summed E-state index contributed by atoms with van der Waals surface area (Å²) in [5.41, 5.74) is 2.70. The minimum Gasteiger partial charge on any atom is -0.382 e. The normalized spacial score (nSPS) is 10.5. The maximum atomic E-state index is 8.99. The Morgan fingerprint density at radius 1 is 1.14 bits per heavy atom. The number of aromatic nitrogens is 1. The number of para-hydroxylation sites is 1. The summed E-state index contributed by atoms with van der Waals surface area (Å²) in [4.78, 5) is 0. The fraction of sp³-hybridized carbons (Fsp3) is 0.118. The number of nitrogens with zero attached hydrogens (tertiary/aromatic N) is 2. The van der Waals surface area contributed by atoms with Crippen LogP contribution in [-0.2, 0) is 6.54 Å². The first-order valence-electron chi connectivity index (χ1n) is 6.75. The van der Waals surface area contributed by atoms with E-state index in [0.717, 1.165) is 34.7 Å². The van der Waals surface area contributed by atoms with Crippen LogP contribution in [0, 0.1) is 11.3 Å². The van der Waals surface area contributed by atoms with E-state index < -0.39 is 0 Å². The van der Waals surface area contributed by atoms with Gasteiger partial charge < -0.3 is 9.88 Å². The lowest BCUT2D eigenvalue weighted by Gasteiger charge is -2.10. The summed E-state index contributed by atoms with van der Waals surface area (Å²) in [6.07, 6.45) is 2.04. The van der Waals surface area contributed by atoms with E-state index in [4.69, 9.17) is 16.9 Å². The van der Waals surface area contributed by atoms with Crippen LogP contribution in [-0.4, -0.2) is 11.1 Å². The Balaban J connectivity index is 1.74. The van der Waals surface area contributed by atoms with Gasteiger partial charge in [0.05, 0.1) is 22.3 Å². The highest BCUT2D eigenvalue weighted by Crippen LogP contribution is 2.21. The maximum Gasteiger partial charge on any atom is 0.0992 e. The molecule has 0 saturated carbocycles. The Morgan fingerprint density at radius 3 is 2.81 bits per heavy atom. The molecule has 0 aliphatic carbocycles. The van der Waals surface area contributed by atoms with Crippen LogP contribution in [0.2, 0.25) is 5.02 Å². The number of hydrogen-bond donors (Lipinski definition) is 1. The van der Waals surface area contributed by atoms with Gasteiger partial charge in [-0.1, -0.05) is 29.8 Å². The molecule has 0 aliphatic heterocycles. The third kappa shape index (κ3) is 2.86. The topological polar surface area (TPSA) is 40.8 Å². The highest BCUT2D eigenvalue weighted by atomic mass is 35.5. The molecule has 0 saturated heterocycles. The van der Waals surface area contributed by atoms with Crippen molar-refractivity contribution in [1.82, 2.24) is 4.57 Å². The zero-order valence-corrected chi connectivity index (χ0v) is 12.1. The number of fused-ring (bicyclic) bond motifs is 1. The summed E-state index contributed by atoms with van der Waals surface area (Å²) >= 11 is 6.11. The first kappa shape index (κ1) is 13.5. The van der Waals surface area contributed by atoms with Crippen LogP contribution >= 0.6 is 11.6 Å². The van der Waals surface area contributed by atoms with Gasteiger partial charge in [0.2, 0.25) is 0 Å². The smallest absolute Gasteiger partial charge is 0.0992 e. The highest BCUT2D eigenvalue weighted by Gasteiger charge is 2.03. The summed E-state index contributed by atoms with van der Waals surface area (Å²) < 4.78 is 2.14. The second-order valence-electron chi connectivity index (χ2n) is 4.80. The van der Waals surface area contributed by atoms with Gasteiger partial charge in [-0.25, -0.2) is 0 Å². The van der Waals surface area contributed by atoms with Gasteiger partial charge >= 0.3 is 0 Å². The fourth-order valence-corrected chi connectivity index (χ4v) is 2.57. The molecule has 3 aromatic rings. The Kier molecular flexibility index (Phi) is 3.81. The standard InChI is InChI=1S/C17H14ClN3/c18-15-3-1-2-4-16(15)20-8-10-21-9-7-14-6-5-13(12-19)11-17(14)21/h1-7,9,11,20H,8,10H2. The molecule has 3 nitrogen and oxygen atoms in total. The van der Waals surface area contributed by atoms with Crippen molar-refractivity contribution in [3.8, 4) is 6.07 Å². The van der Waals surface area contributed by atoms with Crippen LogP contribution in [0.15, 0.2) is 54.7 Å². The molecule has 1 N–H and O–H groups in total. The molecule has 0 spiro atoms. The fourth-order valence-electron chi connectivity index (χ4n) is 2.36. The van der Waals surface area contributed by atoms with Crippen LogP contribution in [0.25, 0.3) is 10.9 Å². The van der Waals surface area contributed by atoms with Gasteiger partial charge in [0.25, 0.3) is 0 Å². The zero-order chi connectivity index (χ0) is 14.7. The molecule has 21 heavy (non-hydrogen) atoms. The molecule has 2 aromatic carbocycles. The second kappa shape index (κ2) is 5.90. The maximum absolute atomic E-state index is 8.99. The zero-order valence-electron chi connectivity index (χ0n) is 11.4. The molecule has 1 heterocycles. The number of nitrogens with one attached hydrogen (secondary N) is 1. The summed E-state index contributed by atoms with van der Waals surface area (Å²) in [6, 6.07) is 17.7.